The smallest absolute Gasteiger partial charge is 0.330 e. The van der Waals surface area contributed by atoms with E-state index in [2.05, 4.69) is 11.9 Å². The van der Waals surface area contributed by atoms with Crippen LogP contribution in [0.4, 0.5) is 4.39 Å². The number of nitrogens with zero attached hydrogens (tertiary/aromatic N) is 3. The fourth-order valence-electron chi connectivity index (χ4n) is 6.10. The van der Waals surface area contributed by atoms with Crippen LogP contribution >= 0.6 is 0 Å². The first-order chi connectivity index (χ1) is 18.8. The van der Waals surface area contributed by atoms with Crippen molar-refractivity contribution >= 4 is 17.8 Å². The highest BCUT2D eigenvalue weighted by molar-refractivity contribution is 5.98. The van der Waals surface area contributed by atoms with Gasteiger partial charge in [0.25, 0.3) is 0 Å². The number of ether oxygens (including phenoxy) is 1. The minimum atomic E-state index is -0.563. The molecule has 3 aromatic rings. The number of aromatic nitrogens is 3. The Morgan fingerprint density at radius 2 is 2.05 bits per heavy atom. The first-order valence-corrected chi connectivity index (χ1v) is 13.1. The summed E-state index contributed by atoms with van der Waals surface area (Å²) in [5.41, 5.74) is 3.50. The average Bonchev–Trinajstić information content (AvgIpc) is 2.94. The number of aliphatic hydroxyl groups excluding tert-OH is 1. The molecule has 0 unspecified atom stereocenters. The lowest BCUT2D eigenvalue weighted by atomic mass is 9.55. The van der Waals surface area contributed by atoms with Crippen molar-refractivity contribution in [3.63, 3.8) is 0 Å². The number of fused-ring (bicyclic) bond motifs is 3. The zero-order valence-electron chi connectivity index (χ0n) is 22.1. The first-order valence-electron chi connectivity index (χ1n) is 13.1. The van der Waals surface area contributed by atoms with E-state index in [-0.39, 0.29) is 30.0 Å². The lowest BCUT2D eigenvalue weighted by Gasteiger charge is -2.48. The van der Waals surface area contributed by atoms with Gasteiger partial charge in [-0.15, -0.1) is 0 Å². The lowest BCUT2D eigenvalue weighted by Crippen LogP contribution is -2.48. The number of benzene rings is 1. The van der Waals surface area contributed by atoms with Gasteiger partial charge in [-0.3, -0.25) is 9.78 Å². The number of pyridine rings is 1. The predicted octanol–water partition coefficient (Wildman–Crippen LogP) is 5.79. The Hall–Kier alpha value is -4.20. The second-order valence-electron chi connectivity index (χ2n) is 10.3. The molecule has 8 heteroatoms. The van der Waals surface area contributed by atoms with E-state index >= 15 is 4.39 Å². The van der Waals surface area contributed by atoms with E-state index in [0.717, 1.165) is 23.9 Å². The highest BCUT2D eigenvalue weighted by Gasteiger charge is 2.51. The predicted molar refractivity (Wildman–Crippen MR) is 145 cm³/mol. The second kappa shape index (κ2) is 10.5. The van der Waals surface area contributed by atoms with Crippen LogP contribution in [0.1, 0.15) is 50.6 Å². The van der Waals surface area contributed by atoms with E-state index in [1.165, 1.54) is 12.1 Å². The maximum absolute atomic E-state index is 15.1. The van der Waals surface area contributed by atoms with Crippen LogP contribution in [-0.2, 0) is 26.2 Å². The van der Waals surface area contributed by atoms with Crippen LogP contribution < -0.4 is 0 Å². The molecule has 0 saturated heterocycles. The van der Waals surface area contributed by atoms with Crippen LogP contribution in [-0.4, -0.2) is 38.4 Å². The second-order valence-corrected chi connectivity index (χ2v) is 10.3. The van der Waals surface area contributed by atoms with Crippen LogP contribution in [0, 0.1) is 17.7 Å². The number of ketones is 1. The van der Waals surface area contributed by atoms with Gasteiger partial charge in [-0.1, -0.05) is 26.0 Å². The van der Waals surface area contributed by atoms with Crippen LogP contribution in [0.15, 0.2) is 60.5 Å². The summed E-state index contributed by atoms with van der Waals surface area (Å²) in [6.07, 6.45) is 7.06. The number of halogens is 1. The third kappa shape index (κ3) is 4.75. The molecule has 1 saturated carbocycles. The molecule has 2 aliphatic rings. The van der Waals surface area contributed by atoms with Gasteiger partial charge in [0.1, 0.15) is 5.82 Å². The molecule has 1 fully saturated rings. The normalized spacial score (nSPS) is 23.5. The summed E-state index contributed by atoms with van der Waals surface area (Å²) in [5, 5.41) is 9.88. The van der Waals surface area contributed by atoms with Crippen molar-refractivity contribution in [2.45, 2.75) is 45.4 Å². The first kappa shape index (κ1) is 26.4. The van der Waals surface area contributed by atoms with Gasteiger partial charge in [-0.2, -0.15) is 0 Å². The molecule has 39 heavy (non-hydrogen) atoms. The van der Waals surface area contributed by atoms with Gasteiger partial charge in [0, 0.05) is 45.9 Å². The SMILES string of the molecule is CCOC(=O)/C=C/c1cc(-c2nc(-c3ccccc3F)c3c(n2)[C@]2(C)C/C(=C/O)C(=O)[C@H](C)[C@H]2CC3)ccn1. The van der Waals surface area contributed by atoms with Gasteiger partial charge in [-0.05, 0) is 62.4 Å². The third-order valence-electron chi connectivity index (χ3n) is 7.96. The van der Waals surface area contributed by atoms with Gasteiger partial charge in [0.2, 0.25) is 0 Å². The molecule has 0 amide bonds. The topological polar surface area (TPSA) is 102 Å². The maximum Gasteiger partial charge on any atom is 0.330 e. The number of Topliss-reactive ketones (excluding diaryl/α,β-unsaturated/α-hetero) is 1. The number of allylic oxidation sites excluding steroid dienone is 1. The van der Waals surface area contributed by atoms with Gasteiger partial charge in [-0.25, -0.2) is 19.2 Å². The van der Waals surface area contributed by atoms with Gasteiger partial charge in [0.05, 0.1) is 30.0 Å². The summed E-state index contributed by atoms with van der Waals surface area (Å²) < 4.78 is 20.1. The maximum atomic E-state index is 15.1. The molecule has 5 rings (SSSR count). The number of carbonyl (C=O) groups is 2. The van der Waals surface area contributed by atoms with Crippen molar-refractivity contribution in [3.05, 3.63) is 83.3 Å². The van der Waals surface area contributed by atoms with Crippen molar-refractivity contribution in [1.29, 1.82) is 0 Å². The third-order valence-corrected chi connectivity index (χ3v) is 7.96. The molecule has 0 bridgehead atoms. The number of hydrogen-bond donors (Lipinski definition) is 1. The van der Waals surface area contributed by atoms with Gasteiger partial charge >= 0.3 is 5.97 Å². The quantitative estimate of drug-likeness (QED) is 0.254. The summed E-state index contributed by atoms with van der Waals surface area (Å²) in [4.78, 5) is 38.9. The Kier molecular flexibility index (Phi) is 7.12. The zero-order chi connectivity index (χ0) is 27.7. The largest absolute Gasteiger partial charge is 0.515 e. The Morgan fingerprint density at radius 3 is 2.79 bits per heavy atom. The zero-order valence-corrected chi connectivity index (χ0v) is 22.1. The number of rotatable bonds is 5. The van der Waals surface area contributed by atoms with Crippen molar-refractivity contribution < 1.29 is 23.8 Å². The Morgan fingerprint density at radius 1 is 1.26 bits per heavy atom. The molecular weight excluding hydrogens is 497 g/mol. The van der Waals surface area contributed by atoms with Crippen molar-refractivity contribution in [1.82, 2.24) is 15.0 Å². The van der Waals surface area contributed by atoms with E-state index < -0.39 is 11.4 Å². The average molecular weight is 528 g/mol. The Balaban J connectivity index is 1.70. The van der Waals surface area contributed by atoms with Gasteiger partial charge in [0.15, 0.2) is 11.6 Å². The minimum absolute atomic E-state index is 0.0120. The summed E-state index contributed by atoms with van der Waals surface area (Å²) >= 11 is 0. The number of hydrogen-bond acceptors (Lipinski definition) is 7. The van der Waals surface area contributed by atoms with E-state index in [1.54, 1.807) is 49.5 Å². The molecule has 0 spiro atoms. The fraction of sp³-hybridized carbons (Fsp3) is 0.323. The number of aliphatic hydroxyl groups is 1. The molecule has 1 aromatic carbocycles. The highest BCUT2D eigenvalue weighted by atomic mass is 19.1. The Bertz CT molecular complexity index is 1520. The summed E-state index contributed by atoms with van der Waals surface area (Å²) in [6, 6.07) is 10.1. The molecule has 3 atom stereocenters. The summed E-state index contributed by atoms with van der Waals surface area (Å²) in [7, 11) is 0. The molecule has 2 aliphatic carbocycles. The molecule has 0 radical (unpaired) electrons. The van der Waals surface area contributed by atoms with Gasteiger partial charge < -0.3 is 9.84 Å². The fourth-order valence-corrected chi connectivity index (χ4v) is 6.10. The molecule has 200 valence electrons. The number of carbonyl (C=O) groups excluding carboxylic acids is 2. The van der Waals surface area contributed by atoms with E-state index in [1.807, 2.05) is 6.92 Å². The molecule has 0 aliphatic heterocycles. The van der Waals surface area contributed by atoms with E-state index in [0.29, 0.717) is 46.8 Å². The minimum Gasteiger partial charge on any atom is -0.515 e. The van der Waals surface area contributed by atoms with Crippen LogP contribution in [0.25, 0.3) is 28.7 Å². The van der Waals surface area contributed by atoms with Crippen LogP contribution in [0.5, 0.6) is 0 Å². The van der Waals surface area contributed by atoms with E-state index in [9.17, 15) is 14.7 Å². The standard InChI is InChI=1S/C31H30FN3O4/c1-4-39-26(37)12-9-21-15-19(13-14-33-21)30-34-27(22-7-5-6-8-25(22)32)23-10-11-24-18(2)28(38)20(17-36)16-31(24,3)29(23)35-30/h5-9,12-15,17-18,24,36H,4,10-11,16H2,1-3H3/b12-9+,20-17-/t18-,24-,31-/m1/s1. The summed E-state index contributed by atoms with van der Waals surface area (Å²) in [6.45, 7) is 5.99. The molecule has 7 nitrogen and oxygen atoms in total. The van der Waals surface area contributed by atoms with Crippen LogP contribution in [0.3, 0.4) is 0 Å². The molecule has 1 N–H and O–H groups in total. The van der Waals surface area contributed by atoms with Crippen molar-refractivity contribution in [2.24, 2.45) is 11.8 Å². The van der Waals surface area contributed by atoms with E-state index in [4.69, 9.17) is 14.7 Å². The summed E-state index contributed by atoms with van der Waals surface area (Å²) in [5.74, 6) is -0.777. The molecular formula is C31H30FN3O4. The highest BCUT2D eigenvalue weighted by Crippen LogP contribution is 2.53. The lowest BCUT2D eigenvalue weighted by molar-refractivity contribution is -0.137. The van der Waals surface area contributed by atoms with Crippen LogP contribution in [0.2, 0.25) is 0 Å². The Labute approximate surface area is 226 Å². The monoisotopic (exact) mass is 527 g/mol. The van der Waals surface area contributed by atoms with Crippen molar-refractivity contribution in [2.75, 3.05) is 6.61 Å². The van der Waals surface area contributed by atoms with Crippen molar-refractivity contribution in [3.8, 4) is 22.6 Å². The number of esters is 1. The molecule has 2 aromatic heterocycles. The molecule has 2 heterocycles.